The van der Waals surface area contributed by atoms with Gasteiger partial charge in [0.1, 0.15) is 6.61 Å². The van der Waals surface area contributed by atoms with E-state index in [9.17, 15) is 9.90 Å². The molecule has 5 heteroatoms. The molecular weight excluding hydrogens is 270 g/mol. The molecule has 1 saturated heterocycles. The molecule has 1 aromatic rings. The second kappa shape index (κ2) is 7.23. The fourth-order valence-corrected chi connectivity index (χ4v) is 2.25. The Morgan fingerprint density at radius 1 is 1.48 bits per heavy atom. The molecule has 2 N–H and O–H groups in total. The van der Waals surface area contributed by atoms with E-state index in [4.69, 9.17) is 9.84 Å². The Balaban J connectivity index is 2.18. The molecule has 5 nitrogen and oxygen atoms in total. The van der Waals surface area contributed by atoms with E-state index < -0.39 is 0 Å². The largest absolute Gasteiger partial charge is 0.394 e. The second-order valence-corrected chi connectivity index (χ2v) is 4.99. The van der Waals surface area contributed by atoms with Gasteiger partial charge in [-0.3, -0.25) is 4.79 Å². The predicted octanol–water partition coefficient (Wildman–Crippen LogP) is 0.252. The Labute approximate surface area is 124 Å². The number of benzene rings is 1. The van der Waals surface area contributed by atoms with Crippen LogP contribution in [0, 0.1) is 11.8 Å². The molecule has 1 amide bonds. The lowest BCUT2D eigenvalue weighted by molar-refractivity contribution is -0.0667. The maximum Gasteiger partial charge on any atom is 0.254 e. The van der Waals surface area contributed by atoms with E-state index in [0.29, 0.717) is 24.3 Å². The highest BCUT2D eigenvalue weighted by Crippen LogP contribution is 2.16. The van der Waals surface area contributed by atoms with Crippen LogP contribution in [-0.4, -0.2) is 59.5 Å². The minimum Gasteiger partial charge on any atom is -0.394 e. The summed E-state index contributed by atoms with van der Waals surface area (Å²) in [6.45, 7) is 2.40. The minimum absolute atomic E-state index is 0.0347. The highest BCUT2D eigenvalue weighted by atomic mass is 16.5. The van der Waals surface area contributed by atoms with Crippen LogP contribution in [0.15, 0.2) is 24.3 Å². The van der Waals surface area contributed by atoms with Crippen molar-refractivity contribution >= 4 is 5.91 Å². The van der Waals surface area contributed by atoms with Crippen LogP contribution < -0.4 is 0 Å². The van der Waals surface area contributed by atoms with Gasteiger partial charge in [-0.25, -0.2) is 0 Å². The van der Waals surface area contributed by atoms with Crippen molar-refractivity contribution in [2.45, 2.75) is 19.1 Å². The first-order valence-electron chi connectivity index (χ1n) is 6.89. The lowest BCUT2D eigenvalue weighted by atomic mass is 10.1. The molecule has 2 atom stereocenters. The third kappa shape index (κ3) is 3.82. The van der Waals surface area contributed by atoms with Crippen LogP contribution in [0.3, 0.4) is 0 Å². The number of ether oxygens (including phenoxy) is 1. The monoisotopic (exact) mass is 289 g/mol. The molecule has 0 aliphatic carbocycles. The van der Waals surface area contributed by atoms with Gasteiger partial charge in [-0.15, -0.1) is 0 Å². The van der Waals surface area contributed by atoms with Gasteiger partial charge in [-0.2, -0.15) is 0 Å². The highest BCUT2D eigenvalue weighted by Gasteiger charge is 2.29. The van der Waals surface area contributed by atoms with Gasteiger partial charge >= 0.3 is 0 Å². The Kier molecular flexibility index (Phi) is 5.34. The zero-order valence-electron chi connectivity index (χ0n) is 12.0. The third-order valence-electron chi connectivity index (χ3n) is 3.39. The minimum atomic E-state index is -0.331. The molecule has 1 aliphatic rings. The van der Waals surface area contributed by atoms with E-state index >= 15 is 0 Å². The normalized spacial score (nSPS) is 21.6. The first-order chi connectivity index (χ1) is 10.2. The second-order valence-electron chi connectivity index (χ2n) is 4.99. The van der Waals surface area contributed by atoms with Gasteiger partial charge in [0.05, 0.1) is 25.4 Å². The molecule has 2 rings (SSSR count). The first-order valence-corrected chi connectivity index (χ1v) is 6.89. The molecule has 0 saturated carbocycles. The van der Waals surface area contributed by atoms with Crippen molar-refractivity contribution in [3.8, 4) is 11.8 Å². The summed E-state index contributed by atoms with van der Waals surface area (Å²) in [4.78, 5) is 14.3. The summed E-state index contributed by atoms with van der Waals surface area (Å²) in [5.41, 5.74) is 1.24. The Morgan fingerprint density at radius 2 is 2.29 bits per heavy atom. The fourth-order valence-electron chi connectivity index (χ4n) is 2.25. The van der Waals surface area contributed by atoms with Gasteiger partial charge in [0.15, 0.2) is 0 Å². The van der Waals surface area contributed by atoms with E-state index in [1.54, 1.807) is 29.2 Å². The van der Waals surface area contributed by atoms with Crippen LogP contribution in [0.25, 0.3) is 0 Å². The smallest absolute Gasteiger partial charge is 0.254 e. The molecule has 1 heterocycles. The number of amides is 1. The summed E-state index contributed by atoms with van der Waals surface area (Å²) >= 11 is 0. The number of hydrogen-bond donors (Lipinski definition) is 2. The molecule has 1 fully saturated rings. The number of carbonyl (C=O) groups excluding carboxylic acids is 1. The number of hydrogen-bond acceptors (Lipinski definition) is 4. The van der Waals surface area contributed by atoms with Crippen molar-refractivity contribution in [3.05, 3.63) is 35.4 Å². The number of carbonyl (C=O) groups is 1. The Bertz CT molecular complexity index is 561. The molecule has 1 aliphatic heterocycles. The molecule has 21 heavy (non-hydrogen) atoms. The Hall–Kier alpha value is -1.87. The van der Waals surface area contributed by atoms with Gasteiger partial charge in [0, 0.05) is 17.7 Å². The number of morpholine rings is 1. The van der Waals surface area contributed by atoms with Crippen molar-refractivity contribution < 1.29 is 19.7 Å². The number of nitrogens with zero attached hydrogens (tertiary/aromatic N) is 1. The average molecular weight is 289 g/mol. The van der Waals surface area contributed by atoms with E-state index in [2.05, 4.69) is 11.8 Å². The maximum absolute atomic E-state index is 12.6. The third-order valence-corrected chi connectivity index (χ3v) is 3.39. The van der Waals surface area contributed by atoms with Crippen LogP contribution >= 0.6 is 0 Å². The van der Waals surface area contributed by atoms with Crippen molar-refractivity contribution in [2.24, 2.45) is 0 Å². The summed E-state index contributed by atoms with van der Waals surface area (Å²) in [6.07, 6.45) is -0.331. The number of aliphatic hydroxyl groups excluding tert-OH is 2. The van der Waals surface area contributed by atoms with Crippen molar-refractivity contribution in [1.29, 1.82) is 0 Å². The van der Waals surface area contributed by atoms with Gasteiger partial charge in [-0.1, -0.05) is 17.9 Å². The highest BCUT2D eigenvalue weighted by molar-refractivity contribution is 5.94. The van der Waals surface area contributed by atoms with Gasteiger partial charge < -0.3 is 19.8 Å². The molecule has 1 aromatic carbocycles. The van der Waals surface area contributed by atoms with Gasteiger partial charge in [-0.05, 0) is 25.1 Å². The van der Waals surface area contributed by atoms with Crippen LogP contribution in [-0.2, 0) is 4.74 Å². The van der Waals surface area contributed by atoms with Crippen LogP contribution in [0.4, 0.5) is 0 Å². The summed E-state index contributed by atoms with van der Waals surface area (Å²) in [5, 5.41) is 17.9. The summed E-state index contributed by atoms with van der Waals surface area (Å²) in [7, 11) is 0. The maximum atomic E-state index is 12.6. The van der Waals surface area contributed by atoms with Crippen molar-refractivity contribution in [3.63, 3.8) is 0 Å². The molecule has 0 aromatic heterocycles. The van der Waals surface area contributed by atoms with E-state index in [1.807, 2.05) is 6.92 Å². The molecule has 0 radical (unpaired) electrons. The molecule has 112 valence electrons. The van der Waals surface area contributed by atoms with Crippen molar-refractivity contribution in [2.75, 3.05) is 26.4 Å². The van der Waals surface area contributed by atoms with E-state index in [0.717, 1.165) is 0 Å². The average Bonchev–Trinajstić information content (AvgIpc) is 2.53. The Morgan fingerprint density at radius 3 is 3.00 bits per heavy atom. The van der Waals surface area contributed by atoms with E-state index in [-0.39, 0.29) is 31.3 Å². The topological polar surface area (TPSA) is 70.0 Å². The lowest BCUT2D eigenvalue weighted by Crippen LogP contribution is -2.52. The van der Waals surface area contributed by atoms with Crippen LogP contribution in [0.5, 0.6) is 0 Å². The SMILES string of the molecule is CC1COC(CO)CN1C(=O)c1cccc(C#CCO)c1. The molecule has 2 unspecified atom stereocenters. The first kappa shape index (κ1) is 15.5. The lowest BCUT2D eigenvalue weighted by Gasteiger charge is -2.37. The standard InChI is InChI=1S/C16H19NO4/c1-12-11-21-15(10-19)9-17(12)16(20)14-6-2-4-13(8-14)5-3-7-18/h2,4,6,8,12,15,18-19H,7,9-11H2,1H3. The number of rotatable bonds is 2. The van der Waals surface area contributed by atoms with Crippen LogP contribution in [0.2, 0.25) is 0 Å². The quantitative estimate of drug-likeness (QED) is 0.766. The summed E-state index contributed by atoms with van der Waals surface area (Å²) in [5.74, 6) is 5.25. The molecule has 0 spiro atoms. The summed E-state index contributed by atoms with van der Waals surface area (Å²) < 4.78 is 5.44. The predicted molar refractivity (Wildman–Crippen MR) is 77.7 cm³/mol. The van der Waals surface area contributed by atoms with Gasteiger partial charge in [0.25, 0.3) is 5.91 Å². The van der Waals surface area contributed by atoms with Crippen LogP contribution in [0.1, 0.15) is 22.8 Å². The number of aliphatic hydroxyl groups is 2. The molecular formula is C16H19NO4. The van der Waals surface area contributed by atoms with Gasteiger partial charge in [0.2, 0.25) is 0 Å². The zero-order valence-corrected chi connectivity index (χ0v) is 12.0. The molecule has 0 bridgehead atoms. The zero-order chi connectivity index (χ0) is 15.2. The fraction of sp³-hybridized carbons (Fsp3) is 0.438. The van der Waals surface area contributed by atoms with E-state index in [1.165, 1.54) is 0 Å². The van der Waals surface area contributed by atoms with Crippen molar-refractivity contribution in [1.82, 2.24) is 4.90 Å². The summed E-state index contributed by atoms with van der Waals surface area (Å²) in [6, 6.07) is 6.97.